The van der Waals surface area contributed by atoms with Crippen LogP contribution in [0.25, 0.3) is 0 Å². The molecule has 4 nitrogen and oxygen atoms in total. The highest BCUT2D eigenvalue weighted by Gasteiger charge is 2.28. The van der Waals surface area contributed by atoms with Gasteiger partial charge in [0.1, 0.15) is 17.7 Å². The zero-order valence-corrected chi connectivity index (χ0v) is 13.4. The number of nitrogens with one attached hydrogen (secondary N) is 1. The van der Waals surface area contributed by atoms with Gasteiger partial charge in [-0.15, -0.1) is 0 Å². The van der Waals surface area contributed by atoms with Gasteiger partial charge >= 0.3 is 0 Å². The third-order valence-corrected chi connectivity index (χ3v) is 4.23. The molecule has 0 saturated carbocycles. The molecule has 2 unspecified atom stereocenters. The summed E-state index contributed by atoms with van der Waals surface area (Å²) in [5.74, 6) is -1.80. The van der Waals surface area contributed by atoms with Gasteiger partial charge in [0.2, 0.25) is 5.91 Å². The quantitative estimate of drug-likeness (QED) is 0.844. The van der Waals surface area contributed by atoms with Crippen LogP contribution in [0.5, 0.6) is 0 Å². The van der Waals surface area contributed by atoms with E-state index in [1.165, 1.54) is 6.07 Å². The molecule has 2 rings (SSSR count). The largest absolute Gasteiger partial charge is 0.386 e. The highest BCUT2D eigenvalue weighted by Crippen LogP contribution is 2.21. The Kier molecular flexibility index (Phi) is 6.47. The lowest BCUT2D eigenvalue weighted by atomic mass is 10.0. The van der Waals surface area contributed by atoms with Crippen molar-refractivity contribution in [2.24, 2.45) is 0 Å². The Balaban J connectivity index is 1.95. The number of hydrogen-bond donors (Lipinski definition) is 2. The van der Waals surface area contributed by atoms with E-state index >= 15 is 0 Å². The van der Waals surface area contributed by atoms with Crippen LogP contribution in [0.1, 0.15) is 44.3 Å². The minimum Gasteiger partial charge on any atom is -0.386 e. The predicted octanol–water partition coefficient (Wildman–Crippen LogP) is 2.38. The fourth-order valence-electron chi connectivity index (χ4n) is 3.09. The van der Waals surface area contributed by atoms with Crippen LogP contribution >= 0.6 is 0 Å². The van der Waals surface area contributed by atoms with Gasteiger partial charge in [0.15, 0.2) is 0 Å². The van der Waals surface area contributed by atoms with Crippen LogP contribution in [-0.2, 0) is 4.79 Å². The summed E-state index contributed by atoms with van der Waals surface area (Å²) in [6.45, 7) is 3.60. The van der Waals surface area contributed by atoms with Crippen molar-refractivity contribution < 1.29 is 18.7 Å². The van der Waals surface area contributed by atoms with E-state index in [4.69, 9.17) is 0 Å². The van der Waals surface area contributed by atoms with Crippen LogP contribution in [0, 0.1) is 11.6 Å². The Morgan fingerprint density at radius 2 is 2.09 bits per heavy atom. The number of likely N-dealkylation sites (tertiary alicyclic amines) is 1. The topological polar surface area (TPSA) is 52.6 Å². The molecule has 1 aromatic carbocycles. The number of aliphatic hydroxyl groups is 1. The molecular formula is C17H24F2N2O2. The lowest BCUT2D eigenvalue weighted by Crippen LogP contribution is -2.50. The molecule has 1 saturated heterocycles. The SMILES string of the molecule is CCCN1CCCCC1C(=O)NCC(O)c1c(F)cccc1F. The molecule has 2 atom stereocenters. The van der Waals surface area contributed by atoms with Crippen LogP contribution in [0.15, 0.2) is 18.2 Å². The number of amides is 1. The van der Waals surface area contributed by atoms with Crippen LogP contribution < -0.4 is 5.32 Å². The first-order valence-electron chi connectivity index (χ1n) is 8.18. The first kappa shape index (κ1) is 17.8. The number of rotatable bonds is 6. The van der Waals surface area contributed by atoms with Crippen LogP contribution in [0.4, 0.5) is 8.78 Å². The second-order valence-electron chi connectivity index (χ2n) is 5.94. The number of hydrogen-bond acceptors (Lipinski definition) is 3. The zero-order valence-electron chi connectivity index (χ0n) is 13.4. The highest BCUT2D eigenvalue weighted by atomic mass is 19.1. The third kappa shape index (κ3) is 4.48. The van der Waals surface area contributed by atoms with Gasteiger partial charge < -0.3 is 10.4 Å². The standard InChI is InChI=1S/C17H24F2N2O2/c1-2-9-21-10-4-3-8-14(21)17(23)20-11-15(22)16-12(18)6-5-7-13(16)19/h5-7,14-15,22H,2-4,8-11H2,1H3,(H,20,23). The minimum absolute atomic E-state index is 0.186. The van der Waals surface area contributed by atoms with E-state index in [-0.39, 0.29) is 18.5 Å². The Morgan fingerprint density at radius 1 is 1.39 bits per heavy atom. The molecule has 1 heterocycles. The zero-order chi connectivity index (χ0) is 16.8. The van der Waals surface area contributed by atoms with E-state index in [2.05, 4.69) is 17.1 Å². The van der Waals surface area contributed by atoms with Crippen molar-refractivity contribution >= 4 is 5.91 Å². The molecule has 0 spiro atoms. The van der Waals surface area contributed by atoms with Gasteiger partial charge in [-0.1, -0.05) is 19.4 Å². The summed E-state index contributed by atoms with van der Waals surface area (Å²) in [6.07, 6.45) is 2.40. The fourth-order valence-corrected chi connectivity index (χ4v) is 3.09. The van der Waals surface area contributed by atoms with Gasteiger partial charge in [-0.2, -0.15) is 0 Å². The molecule has 6 heteroatoms. The first-order chi connectivity index (χ1) is 11.0. The fraction of sp³-hybridized carbons (Fsp3) is 0.588. The number of nitrogens with zero attached hydrogens (tertiary/aromatic N) is 1. The molecular weight excluding hydrogens is 302 g/mol. The van der Waals surface area contributed by atoms with Gasteiger partial charge in [-0.3, -0.25) is 9.69 Å². The van der Waals surface area contributed by atoms with Crippen molar-refractivity contribution in [3.05, 3.63) is 35.4 Å². The lowest BCUT2D eigenvalue weighted by molar-refractivity contribution is -0.128. The summed E-state index contributed by atoms with van der Waals surface area (Å²) in [6, 6.07) is 3.20. The predicted molar refractivity (Wildman–Crippen MR) is 83.8 cm³/mol. The van der Waals surface area contributed by atoms with E-state index in [1.54, 1.807) is 0 Å². The average molecular weight is 326 g/mol. The van der Waals surface area contributed by atoms with Crippen molar-refractivity contribution in [3.8, 4) is 0 Å². The Hall–Kier alpha value is -1.53. The smallest absolute Gasteiger partial charge is 0.237 e. The molecule has 128 valence electrons. The second kappa shape index (κ2) is 8.36. The summed E-state index contributed by atoms with van der Waals surface area (Å²) >= 11 is 0. The van der Waals surface area contributed by atoms with Crippen molar-refractivity contribution in [1.82, 2.24) is 10.2 Å². The van der Waals surface area contributed by atoms with Crippen molar-refractivity contribution in [3.63, 3.8) is 0 Å². The van der Waals surface area contributed by atoms with Crippen molar-refractivity contribution in [2.45, 2.75) is 44.8 Å². The number of carbonyl (C=O) groups is 1. The maximum atomic E-state index is 13.6. The summed E-state index contributed by atoms with van der Waals surface area (Å²) < 4.78 is 27.2. The maximum Gasteiger partial charge on any atom is 0.237 e. The van der Waals surface area contributed by atoms with E-state index in [0.717, 1.165) is 50.9 Å². The summed E-state index contributed by atoms with van der Waals surface area (Å²) in [5.41, 5.74) is -0.401. The normalized spacial score (nSPS) is 20.3. The van der Waals surface area contributed by atoms with Gasteiger partial charge in [0.25, 0.3) is 0 Å². The summed E-state index contributed by atoms with van der Waals surface area (Å²) in [7, 11) is 0. The number of aliphatic hydroxyl groups excluding tert-OH is 1. The van der Waals surface area contributed by atoms with Gasteiger partial charge in [0, 0.05) is 6.54 Å². The van der Waals surface area contributed by atoms with Crippen molar-refractivity contribution in [1.29, 1.82) is 0 Å². The number of piperidine rings is 1. The van der Waals surface area contributed by atoms with E-state index in [0.29, 0.717) is 0 Å². The Labute approximate surface area is 135 Å². The second-order valence-corrected chi connectivity index (χ2v) is 5.94. The number of halogens is 2. The highest BCUT2D eigenvalue weighted by molar-refractivity contribution is 5.81. The molecule has 1 fully saturated rings. The van der Waals surface area contributed by atoms with E-state index in [1.807, 2.05) is 0 Å². The van der Waals surface area contributed by atoms with Crippen LogP contribution in [0.3, 0.4) is 0 Å². The molecule has 0 aromatic heterocycles. The van der Waals surface area contributed by atoms with Crippen molar-refractivity contribution in [2.75, 3.05) is 19.6 Å². The molecule has 0 radical (unpaired) electrons. The molecule has 1 amide bonds. The molecule has 1 aromatic rings. The Bertz CT molecular complexity index is 517. The minimum atomic E-state index is -1.40. The maximum absolute atomic E-state index is 13.6. The third-order valence-electron chi connectivity index (χ3n) is 4.23. The molecule has 1 aliphatic heterocycles. The van der Waals surface area contributed by atoms with Crippen LogP contribution in [-0.4, -0.2) is 41.6 Å². The molecule has 2 N–H and O–H groups in total. The first-order valence-corrected chi connectivity index (χ1v) is 8.18. The lowest BCUT2D eigenvalue weighted by Gasteiger charge is -2.34. The van der Waals surface area contributed by atoms with Gasteiger partial charge in [0.05, 0.1) is 11.6 Å². The van der Waals surface area contributed by atoms with Gasteiger partial charge in [-0.25, -0.2) is 8.78 Å². The summed E-state index contributed by atoms with van der Waals surface area (Å²) in [4.78, 5) is 14.5. The summed E-state index contributed by atoms with van der Waals surface area (Å²) in [5, 5.41) is 12.6. The molecule has 0 aliphatic carbocycles. The number of benzene rings is 1. The van der Waals surface area contributed by atoms with Crippen LogP contribution in [0.2, 0.25) is 0 Å². The monoisotopic (exact) mass is 326 g/mol. The average Bonchev–Trinajstić information content (AvgIpc) is 2.53. The Morgan fingerprint density at radius 3 is 2.74 bits per heavy atom. The molecule has 0 bridgehead atoms. The molecule has 1 aliphatic rings. The number of carbonyl (C=O) groups excluding carboxylic acids is 1. The van der Waals surface area contributed by atoms with E-state index in [9.17, 15) is 18.7 Å². The van der Waals surface area contributed by atoms with Gasteiger partial charge in [-0.05, 0) is 44.5 Å². The molecule has 23 heavy (non-hydrogen) atoms. The van der Waals surface area contributed by atoms with E-state index < -0.39 is 23.3 Å².